The van der Waals surface area contributed by atoms with E-state index in [0.717, 1.165) is 0 Å². The summed E-state index contributed by atoms with van der Waals surface area (Å²) in [5.74, 6) is 3.88. The van der Waals surface area contributed by atoms with Gasteiger partial charge in [-0.05, 0) is 18.3 Å². The van der Waals surface area contributed by atoms with Gasteiger partial charge >= 0.3 is 0 Å². The molecule has 76 valence electrons. The van der Waals surface area contributed by atoms with Gasteiger partial charge in [0.05, 0.1) is 5.41 Å². The van der Waals surface area contributed by atoms with Crippen LogP contribution in [0.1, 0.15) is 34.6 Å². The first-order valence-corrected chi connectivity index (χ1v) is 5.25. The molecule has 3 atom stereocenters. The van der Waals surface area contributed by atoms with E-state index in [0.29, 0.717) is 11.8 Å². The normalized spacial score (nSPS) is 36.0. The van der Waals surface area contributed by atoms with Crippen LogP contribution in [-0.2, 0) is 0 Å². The molecule has 1 saturated carbocycles. The molecule has 0 bridgehead atoms. The molecule has 0 aliphatic heterocycles. The predicted molar refractivity (Wildman–Crippen MR) is 62.5 cm³/mol. The Bertz CT molecular complexity index is 284. The highest BCUT2D eigenvalue weighted by Gasteiger charge is 2.64. The van der Waals surface area contributed by atoms with Crippen molar-refractivity contribution in [3.8, 4) is 12.3 Å². The molecule has 0 radical (unpaired) electrons. The number of terminal acetylenes is 1. The van der Waals surface area contributed by atoms with E-state index in [1.807, 2.05) is 6.42 Å². The summed E-state index contributed by atoms with van der Waals surface area (Å²) in [4.78, 5) is 0. The van der Waals surface area contributed by atoms with Crippen LogP contribution >= 0.6 is 0 Å². The van der Waals surface area contributed by atoms with Crippen LogP contribution in [0.3, 0.4) is 0 Å². The van der Waals surface area contributed by atoms with Gasteiger partial charge in [-0.2, -0.15) is 0 Å². The van der Waals surface area contributed by atoms with E-state index >= 15 is 0 Å². The molecular formula is C14H21+. The quantitative estimate of drug-likeness (QED) is 0.353. The topological polar surface area (TPSA) is 0 Å². The molecule has 0 spiro atoms. The van der Waals surface area contributed by atoms with Gasteiger partial charge in [-0.15, -0.1) is 0 Å². The first-order valence-electron chi connectivity index (χ1n) is 5.25. The second-order valence-electron chi connectivity index (χ2n) is 5.72. The van der Waals surface area contributed by atoms with Crippen molar-refractivity contribution >= 4 is 0 Å². The van der Waals surface area contributed by atoms with E-state index in [-0.39, 0.29) is 10.8 Å². The number of hydrogen-bond donors (Lipinski definition) is 0. The third-order valence-electron chi connectivity index (χ3n) is 3.78. The highest BCUT2D eigenvalue weighted by molar-refractivity contribution is 5.32. The monoisotopic (exact) mass is 189 g/mol. The van der Waals surface area contributed by atoms with Crippen LogP contribution in [0.25, 0.3) is 0 Å². The van der Waals surface area contributed by atoms with Crippen LogP contribution in [0.15, 0.2) is 12.2 Å². The van der Waals surface area contributed by atoms with Crippen molar-refractivity contribution in [2.75, 3.05) is 0 Å². The van der Waals surface area contributed by atoms with Gasteiger partial charge in [-0.25, -0.2) is 0 Å². The molecule has 0 nitrogen and oxygen atoms in total. The minimum Gasteiger partial charge on any atom is -0.0989 e. The summed E-state index contributed by atoms with van der Waals surface area (Å²) in [5, 5.41) is 0. The minimum absolute atomic E-state index is 0.194. The fraction of sp³-hybridized carbons (Fsp3) is 0.643. The number of rotatable bonds is 2. The summed E-state index contributed by atoms with van der Waals surface area (Å²) in [5.41, 5.74) is 1.72. The maximum Gasteiger partial charge on any atom is 0.136 e. The summed E-state index contributed by atoms with van der Waals surface area (Å²) in [6, 6.07) is 0. The Hall–Kier alpha value is -0.830. The summed E-state index contributed by atoms with van der Waals surface area (Å²) in [7, 11) is 0. The lowest BCUT2D eigenvalue weighted by Crippen LogP contribution is -2.13. The van der Waals surface area contributed by atoms with Crippen LogP contribution in [-0.4, -0.2) is 0 Å². The van der Waals surface area contributed by atoms with E-state index in [1.54, 1.807) is 0 Å². The molecule has 14 heavy (non-hydrogen) atoms. The minimum atomic E-state index is 0.194. The van der Waals surface area contributed by atoms with Gasteiger partial charge < -0.3 is 0 Å². The molecule has 1 aliphatic rings. The smallest absolute Gasteiger partial charge is 0.0989 e. The Balaban J connectivity index is 2.77. The number of allylic oxidation sites excluding steroid dienone is 1. The Morgan fingerprint density at radius 3 is 2.36 bits per heavy atom. The lowest BCUT2D eigenvalue weighted by atomic mass is 9.82. The third-order valence-corrected chi connectivity index (χ3v) is 3.78. The maximum absolute atomic E-state index is 5.35. The average molecular weight is 189 g/mol. The van der Waals surface area contributed by atoms with Crippen LogP contribution in [0, 0.1) is 41.4 Å². The van der Waals surface area contributed by atoms with E-state index in [4.69, 9.17) is 6.42 Å². The van der Waals surface area contributed by atoms with Crippen molar-refractivity contribution in [3.05, 3.63) is 18.6 Å². The summed E-state index contributed by atoms with van der Waals surface area (Å²) in [6.07, 6.45) is 7.35. The van der Waals surface area contributed by atoms with Crippen molar-refractivity contribution in [1.82, 2.24) is 0 Å². The van der Waals surface area contributed by atoms with Crippen molar-refractivity contribution in [3.63, 3.8) is 0 Å². The Morgan fingerprint density at radius 2 is 2.00 bits per heavy atom. The molecular weight excluding hydrogens is 168 g/mol. The molecule has 0 aromatic rings. The fourth-order valence-corrected chi connectivity index (χ4v) is 2.30. The molecule has 0 aromatic heterocycles. The van der Waals surface area contributed by atoms with Gasteiger partial charge in [-0.1, -0.05) is 39.8 Å². The molecule has 0 heteroatoms. The van der Waals surface area contributed by atoms with Crippen LogP contribution < -0.4 is 0 Å². The predicted octanol–water partition coefficient (Wildman–Crippen LogP) is 3.70. The molecule has 3 unspecified atom stereocenters. The molecule has 0 N–H and O–H groups in total. The zero-order valence-electron chi connectivity index (χ0n) is 10.0. The van der Waals surface area contributed by atoms with Crippen molar-refractivity contribution in [1.29, 1.82) is 0 Å². The van der Waals surface area contributed by atoms with Crippen molar-refractivity contribution < 1.29 is 0 Å². The Labute approximate surface area is 88.8 Å². The molecule has 0 amide bonds. The molecule has 0 saturated heterocycles. The van der Waals surface area contributed by atoms with Crippen molar-refractivity contribution in [2.24, 2.45) is 22.7 Å². The lowest BCUT2D eigenvalue weighted by molar-refractivity contribution is 0.455. The Kier molecular flexibility index (Phi) is 2.48. The van der Waals surface area contributed by atoms with E-state index < -0.39 is 0 Å². The number of hydrogen-bond acceptors (Lipinski definition) is 0. The first kappa shape index (κ1) is 11.2. The Morgan fingerprint density at radius 1 is 1.50 bits per heavy atom. The van der Waals surface area contributed by atoms with Crippen LogP contribution in [0.2, 0.25) is 0 Å². The van der Waals surface area contributed by atoms with Crippen LogP contribution in [0.5, 0.6) is 0 Å². The van der Waals surface area contributed by atoms with Crippen molar-refractivity contribution in [2.45, 2.75) is 34.6 Å². The summed E-state index contributed by atoms with van der Waals surface area (Å²) in [6.45, 7) is 15.4. The standard InChI is InChI=1S/C14H21/c1-8-9-14(7)11(3)12(14)10(2)13(4,5)6/h1,9,11-12H,2H2,3-7H3/q+1. The van der Waals surface area contributed by atoms with Crippen LogP contribution in [0.4, 0.5) is 0 Å². The molecule has 1 rings (SSSR count). The second kappa shape index (κ2) is 3.09. The van der Waals surface area contributed by atoms with E-state index in [1.165, 1.54) is 5.57 Å². The van der Waals surface area contributed by atoms with Gasteiger partial charge in [0.2, 0.25) is 0 Å². The van der Waals surface area contributed by atoms with E-state index in [2.05, 4.69) is 47.1 Å². The molecule has 0 aromatic carbocycles. The highest BCUT2D eigenvalue weighted by atomic mass is 14.6. The third kappa shape index (κ3) is 1.57. The van der Waals surface area contributed by atoms with Gasteiger partial charge in [0.15, 0.2) is 0 Å². The highest BCUT2D eigenvalue weighted by Crippen LogP contribution is 2.65. The van der Waals surface area contributed by atoms with E-state index in [9.17, 15) is 0 Å². The zero-order valence-corrected chi connectivity index (χ0v) is 10.0. The first-order chi connectivity index (χ1) is 6.25. The fourth-order valence-electron chi connectivity index (χ4n) is 2.30. The lowest BCUT2D eigenvalue weighted by Gasteiger charge is -2.22. The zero-order chi connectivity index (χ0) is 11.1. The molecule has 1 aliphatic carbocycles. The summed E-state index contributed by atoms with van der Waals surface area (Å²) >= 11 is 0. The van der Waals surface area contributed by atoms with Gasteiger partial charge in [0, 0.05) is 5.92 Å². The van der Waals surface area contributed by atoms with Gasteiger partial charge in [0.25, 0.3) is 0 Å². The average Bonchev–Trinajstić information content (AvgIpc) is 2.52. The van der Waals surface area contributed by atoms with Gasteiger partial charge in [-0.3, -0.25) is 0 Å². The summed E-state index contributed by atoms with van der Waals surface area (Å²) < 4.78 is 0. The molecule has 0 heterocycles. The maximum atomic E-state index is 5.35. The largest absolute Gasteiger partial charge is 0.136 e. The molecule has 1 fully saturated rings. The second-order valence-corrected chi connectivity index (χ2v) is 5.72. The SMILES string of the molecule is C#C[CH+]C1(C)C(C)C1C(=C)C(C)(C)C. The van der Waals surface area contributed by atoms with Gasteiger partial charge in [0.1, 0.15) is 18.8 Å².